The van der Waals surface area contributed by atoms with Gasteiger partial charge in [0.1, 0.15) is 6.34 Å². The molecule has 4 nitrogen and oxygen atoms in total. The molecular weight excluding hydrogens is 645 g/mol. The predicted octanol–water partition coefficient (Wildman–Crippen LogP) is 12.0. The highest BCUT2D eigenvalue weighted by Crippen LogP contribution is 2.63. The lowest BCUT2D eigenvalue weighted by Crippen LogP contribution is -2.36. The van der Waals surface area contributed by atoms with E-state index < -0.39 is 0 Å². The maximum Gasteiger partial charge on any atom is 0.163 e. The van der Waals surface area contributed by atoms with Crippen LogP contribution in [0, 0.1) is 10.8 Å². The van der Waals surface area contributed by atoms with Gasteiger partial charge in [0.25, 0.3) is 0 Å². The summed E-state index contributed by atoms with van der Waals surface area (Å²) in [5.74, 6) is 0.936. The largest absolute Gasteiger partial charge is 0.300 e. The van der Waals surface area contributed by atoms with E-state index in [1.54, 1.807) is 0 Å². The lowest BCUT2D eigenvalue weighted by Gasteiger charge is -2.41. The third kappa shape index (κ3) is 5.33. The summed E-state index contributed by atoms with van der Waals surface area (Å²) in [6.45, 7) is 7.22. The summed E-state index contributed by atoms with van der Waals surface area (Å²) in [5, 5.41) is 11.5. The molecule has 256 valence electrons. The van der Waals surface area contributed by atoms with Gasteiger partial charge in [-0.05, 0) is 51.6 Å². The molecule has 7 aromatic rings. The van der Waals surface area contributed by atoms with Crippen LogP contribution in [0.3, 0.4) is 0 Å². The Kier molecular flexibility index (Phi) is 7.78. The monoisotopic (exact) mass is 684 g/mol. The second-order valence-corrected chi connectivity index (χ2v) is 14.9. The molecule has 6 aromatic carbocycles. The maximum absolute atomic E-state index is 9.01. The second-order valence-electron chi connectivity index (χ2n) is 14.9. The highest BCUT2D eigenvalue weighted by atomic mass is 15.1. The summed E-state index contributed by atoms with van der Waals surface area (Å²) in [4.78, 5) is 10.1. The van der Waals surface area contributed by atoms with Gasteiger partial charge < -0.3 is 0 Å². The molecule has 1 heterocycles. The van der Waals surface area contributed by atoms with Crippen LogP contribution in [0.25, 0.3) is 44.1 Å². The summed E-state index contributed by atoms with van der Waals surface area (Å²) in [6.07, 6.45) is 11.1. The van der Waals surface area contributed by atoms with Gasteiger partial charge in [-0.1, -0.05) is 172 Å². The molecule has 0 bridgehead atoms. The van der Waals surface area contributed by atoms with Crippen molar-refractivity contribution in [3.8, 4) is 22.3 Å². The molecule has 2 aliphatic carbocycles. The minimum Gasteiger partial charge on any atom is -0.300 e. The number of amidine groups is 2. The number of hydrogen-bond acceptors (Lipinski definition) is 1. The molecule has 0 saturated carbocycles. The van der Waals surface area contributed by atoms with Crippen LogP contribution in [-0.4, -0.2) is 22.6 Å². The molecule has 53 heavy (non-hydrogen) atoms. The normalized spacial score (nSPS) is 18.8. The molecule has 9 rings (SSSR count). The van der Waals surface area contributed by atoms with Crippen LogP contribution in [0.5, 0.6) is 0 Å². The smallest absolute Gasteiger partial charge is 0.163 e. The first-order valence-electron chi connectivity index (χ1n) is 18.3. The third-order valence-electron chi connectivity index (χ3n) is 11.7. The molecule has 4 heteroatoms. The van der Waals surface area contributed by atoms with Gasteiger partial charge in [-0.3, -0.25) is 9.98 Å². The molecular formula is C49H40N4. The Morgan fingerprint density at radius 1 is 0.642 bits per heavy atom. The number of nitrogens with zero attached hydrogens (tertiary/aromatic N) is 3. The molecule has 1 aromatic heterocycles. The maximum atomic E-state index is 9.01. The zero-order chi connectivity index (χ0) is 36.2. The number of allylic oxidation sites excluding steroid dienone is 4. The van der Waals surface area contributed by atoms with Crippen LogP contribution < -0.4 is 0 Å². The van der Waals surface area contributed by atoms with E-state index in [9.17, 15) is 0 Å². The van der Waals surface area contributed by atoms with Crippen molar-refractivity contribution in [3.63, 3.8) is 0 Å². The lowest BCUT2D eigenvalue weighted by molar-refractivity contribution is 0.246. The van der Waals surface area contributed by atoms with E-state index in [1.807, 2.05) is 67.0 Å². The first kappa shape index (κ1) is 32.5. The van der Waals surface area contributed by atoms with Crippen LogP contribution in [-0.2, 0) is 5.41 Å². The molecule has 0 radical (unpaired) electrons. The highest BCUT2D eigenvalue weighted by molar-refractivity contribution is 6.17. The van der Waals surface area contributed by atoms with Crippen molar-refractivity contribution in [1.82, 2.24) is 4.57 Å². The average Bonchev–Trinajstić information content (AvgIpc) is 3.61. The van der Waals surface area contributed by atoms with Crippen molar-refractivity contribution >= 4 is 39.8 Å². The van der Waals surface area contributed by atoms with Crippen molar-refractivity contribution < 1.29 is 0 Å². The van der Waals surface area contributed by atoms with Crippen LogP contribution >= 0.6 is 0 Å². The minimum absolute atomic E-state index is 0.0493. The SMILES string of the molecule is CC1(C)c2c(ccc3c2c2ccc(-c4ccccc4)cc2n3/C=N/C(=N\C(=N)c2ccccc2)c2cccc(-c3ccccc3)c2)C2C=CC=CC21C. The zero-order valence-electron chi connectivity index (χ0n) is 30.2. The third-order valence-corrected chi connectivity index (χ3v) is 11.7. The number of rotatable bonds is 5. The first-order valence-corrected chi connectivity index (χ1v) is 18.3. The molecule has 0 aliphatic heterocycles. The quantitative estimate of drug-likeness (QED) is 0.139. The van der Waals surface area contributed by atoms with Gasteiger partial charge >= 0.3 is 0 Å². The van der Waals surface area contributed by atoms with E-state index in [1.165, 1.54) is 27.5 Å². The Hall–Kier alpha value is -6.39. The predicted molar refractivity (Wildman–Crippen MR) is 223 cm³/mol. The van der Waals surface area contributed by atoms with Gasteiger partial charge in [0.2, 0.25) is 0 Å². The van der Waals surface area contributed by atoms with E-state index in [2.05, 4.69) is 135 Å². The van der Waals surface area contributed by atoms with E-state index in [-0.39, 0.29) is 16.7 Å². The summed E-state index contributed by atoms with van der Waals surface area (Å²) in [5.41, 5.74) is 10.9. The summed E-state index contributed by atoms with van der Waals surface area (Å²) in [7, 11) is 0. The number of hydrogen-bond donors (Lipinski definition) is 1. The second kappa shape index (κ2) is 12.7. The molecule has 0 fully saturated rings. The standard InChI is InChI=1S/C49H40N4/c1-48(2)45-39(41-24-13-14-29-49(41,48)3)27-28-42-44(45)40-26-25-37(34-18-9-5-10-19-34)31-43(40)53(42)32-51-47(52-46(50)35-20-11-6-12-21-35)38-23-15-22-36(30-38)33-16-7-4-8-17-33/h4-32,41,50H,1-3H3/b50-46?,51-32+,52-47-. The van der Waals surface area contributed by atoms with Crippen molar-refractivity contribution in [2.45, 2.75) is 32.1 Å². The van der Waals surface area contributed by atoms with Crippen LogP contribution in [0.1, 0.15) is 48.9 Å². The van der Waals surface area contributed by atoms with Crippen LogP contribution in [0.4, 0.5) is 0 Å². The topological polar surface area (TPSA) is 53.5 Å². The van der Waals surface area contributed by atoms with Gasteiger partial charge in [0, 0.05) is 38.6 Å². The lowest BCUT2D eigenvalue weighted by atomic mass is 9.62. The van der Waals surface area contributed by atoms with Gasteiger partial charge in [0.15, 0.2) is 11.7 Å². The van der Waals surface area contributed by atoms with E-state index in [4.69, 9.17) is 15.4 Å². The fraction of sp³-hybridized carbons (Fsp3) is 0.122. The Labute approximate surface area is 310 Å². The first-order chi connectivity index (χ1) is 25.8. The number of aliphatic imine (C=N–C) groups is 2. The fourth-order valence-corrected chi connectivity index (χ4v) is 8.56. The van der Waals surface area contributed by atoms with Gasteiger partial charge in [-0.2, -0.15) is 0 Å². The summed E-state index contributed by atoms with van der Waals surface area (Å²) < 4.78 is 2.23. The fourth-order valence-electron chi connectivity index (χ4n) is 8.56. The van der Waals surface area contributed by atoms with E-state index in [0.717, 1.165) is 38.9 Å². The highest BCUT2D eigenvalue weighted by Gasteiger charge is 2.54. The van der Waals surface area contributed by atoms with Gasteiger partial charge in [-0.25, -0.2) is 9.98 Å². The Morgan fingerprint density at radius 2 is 1.28 bits per heavy atom. The van der Waals surface area contributed by atoms with Crippen molar-refractivity contribution in [1.29, 1.82) is 5.41 Å². The molecule has 0 spiro atoms. The van der Waals surface area contributed by atoms with Crippen molar-refractivity contribution in [2.24, 2.45) is 15.4 Å². The number of benzene rings is 6. The Balaban J connectivity index is 1.27. The van der Waals surface area contributed by atoms with Crippen LogP contribution in [0.15, 0.2) is 180 Å². The van der Waals surface area contributed by atoms with Gasteiger partial charge in [-0.15, -0.1) is 0 Å². The molecule has 1 N–H and O–H groups in total. The number of nitrogens with one attached hydrogen (secondary N) is 1. The summed E-state index contributed by atoms with van der Waals surface area (Å²) >= 11 is 0. The molecule has 0 amide bonds. The summed E-state index contributed by atoms with van der Waals surface area (Å²) in [6, 6.07) is 50.3. The van der Waals surface area contributed by atoms with E-state index in [0.29, 0.717) is 11.8 Å². The Bertz CT molecular complexity index is 2660. The molecule has 2 aliphatic rings. The minimum atomic E-state index is -0.128. The Morgan fingerprint density at radius 3 is 2.00 bits per heavy atom. The van der Waals surface area contributed by atoms with Crippen LogP contribution in [0.2, 0.25) is 0 Å². The van der Waals surface area contributed by atoms with Crippen molar-refractivity contribution in [2.75, 3.05) is 0 Å². The zero-order valence-corrected chi connectivity index (χ0v) is 30.2. The molecule has 0 saturated heterocycles. The number of aromatic nitrogens is 1. The average molecular weight is 685 g/mol. The number of fused-ring (bicyclic) bond motifs is 7. The van der Waals surface area contributed by atoms with Gasteiger partial charge in [0.05, 0.1) is 11.0 Å². The molecule has 2 unspecified atom stereocenters. The molecule has 2 atom stereocenters. The van der Waals surface area contributed by atoms with E-state index >= 15 is 0 Å². The van der Waals surface area contributed by atoms with Crippen molar-refractivity contribution in [3.05, 3.63) is 192 Å².